The van der Waals surface area contributed by atoms with E-state index >= 15 is 0 Å². The maximum atomic E-state index is 13.8. The number of ether oxygens (including phenoxy) is 4. The summed E-state index contributed by atoms with van der Waals surface area (Å²) in [5.41, 5.74) is -0.146. The van der Waals surface area contributed by atoms with Crippen LogP contribution in [0.5, 0.6) is 0 Å². The molecule has 766 valence electrons. The number of unbranched alkanes of at least 4 members (excludes halogenated alkanes) is 1. The van der Waals surface area contributed by atoms with Crippen LogP contribution in [-0.4, -0.2) is 370 Å². The fourth-order valence-electron chi connectivity index (χ4n) is 20.4. The zero-order valence-corrected chi connectivity index (χ0v) is 86.5. The van der Waals surface area contributed by atoms with E-state index in [2.05, 4.69) is 55.9 Å². The minimum Gasteiger partial charge on any atom is -0.358 e. The van der Waals surface area contributed by atoms with Gasteiger partial charge in [-0.3, -0.25) is 28.8 Å². The molecule has 6 N–H and O–H groups in total. The lowest BCUT2D eigenvalue weighted by atomic mass is 9.98. The predicted octanol–water partition coefficient (Wildman–Crippen LogP) is 6.36. The highest BCUT2D eigenvalue weighted by atomic mass is 32.2. The highest BCUT2D eigenvalue weighted by Crippen LogP contribution is 2.47. The fourth-order valence-corrected chi connectivity index (χ4v) is 29.8. The normalized spacial score (nSPS) is 22.9. The maximum Gasteiger partial charge on any atom is 0.245 e. The topological polar surface area (TPSA) is 448 Å². The van der Waals surface area contributed by atoms with Crippen molar-refractivity contribution in [1.29, 1.82) is 0 Å². The minimum atomic E-state index is -4.01. The van der Waals surface area contributed by atoms with Gasteiger partial charge in [-0.15, -0.1) is 0 Å². The van der Waals surface area contributed by atoms with Crippen molar-refractivity contribution in [3.8, 4) is 0 Å². The molecule has 0 radical (unpaired) electrons. The summed E-state index contributed by atoms with van der Waals surface area (Å²) in [5.74, 6) is -0.786. The van der Waals surface area contributed by atoms with Crippen molar-refractivity contribution >= 4 is 84.9 Å². The molecular weight excluding hydrogens is 1900 g/mol. The first kappa shape index (κ1) is 109. The minimum absolute atomic E-state index is 0.0666. The summed E-state index contributed by atoms with van der Waals surface area (Å²) >= 11 is 0. The summed E-state index contributed by atoms with van der Waals surface area (Å²) in [6.45, 7) is 18.3. The standard InChI is InChI=1S/C21H33N3O4S.C20H25N5O4S.C19H24N4O4S.C19H29N3O4S.C18H27N3O4S/c1-17(25)18-7-9-20(10-8-18)29(26,27)24-19(6-4-5-15-23(2)3)16-28-21(24)11-13-22-14-12-21;1-14(26)15-3-5-17(6-4-15)30(28,29)25-18(11-16-12-21-13-22-16)19(27)23-20(25)7-9-24(2)10-8-20;1-14(24)15-2-4-18(5-3-15)28(25,26)23-17(10-16-11-21-13-22-16)12-27-19(23)6-8-20-9-7-19;1-15(23)16-5-7-18(8-6-16)27(24,25)22-14-17(13-20(2)3)26-19(22)9-11-21(4)12-10-19;1-14(22)15-4-6-17(7-5-15)26(23,24)21-16(12-20(2)3)13-25-18(21)8-10-19-11-9-18/h7-10,19,22H,4-6,11-16H2,1-3H3;3-6,12-13,18H,7-11H2,1-2H3,(H,21,22)(H,23,27);2-5,11,13,17,20H,6-10,12H2,1H3,(H,21,22);5-8,17H,9-14H2,1-4H3;4-7,16,19H,8-13H2,1-3H3. The van der Waals surface area contributed by atoms with Crippen molar-refractivity contribution in [1.82, 2.24) is 87.2 Å². The average Bonchev–Trinajstić information content (AvgIpc) is 1.58. The second kappa shape index (κ2) is 45.8. The van der Waals surface area contributed by atoms with Crippen LogP contribution in [0, 0.1) is 0 Å². The van der Waals surface area contributed by atoms with Gasteiger partial charge in [-0.25, -0.2) is 52.1 Å². The Balaban J connectivity index is 0.000000147. The molecule has 10 saturated heterocycles. The third-order valence-electron chi connectivity index (χ3n) is 27.8. The second-order valence-electron chi connectivity index (χ2n) is 38.8. The van der Waals surface area contributed by atoms with Crippen LogP contribution in [0.25, 0.3) is 0 Å². The Morgan fingerprint density at radius 1 is 0.393 bits per heavy atom. The van der Waals surface area contributed by atoms with Gasteiger partial charge in [-0.05, 0) is 223 Å². The van der Waals surface area contributed by atoms with Crippen LogP contribution in [0.1, 0.15) is 181 Å². The molecule has 5 unspecified atom stereocenters. The molecule has 0 bridgehead atoms. The number of benzene rings is 5. The van der Waals surface area contributed by atoms with E-state index in [1.165, 1.54) is 106 Å². The van der Waals surface area contributed by atoms with Gasteiger partial charge in [0.25, 0.3) is 0 Å². The van der Waals surface area contributed by atoms with Gasteiger partial charge in [0.15, 0.2) is 28.9 Å². The highest BCUT2D eigenvalue weighted by molar-refractivity contribution is 7.90. The zero-order valence-electron chi connectivity index (χ0n) is 82.4. The number of ketones is 5. The number of nitrogens with zero attached hydrogens (tertiary/aromatic N) is 12. The summed E-state index contributed by atoms with van der Waals surface area (Å²) in [6, 6.07) is 29.1. The van der Waals surface area contributed by atoms with Crippen LogP contribution in [-0.2, 0) is 86.7 Å². The summed E-state index contributed by atoms with van der Waals surface area (Å²) in [4.78, 5) is 96.0. The summed E-state index contributed by atoms with van der Waals surface area (Å²) in [5, 5.41) is 12.9. The molecule has 7 aromatic rings. The number of piperidine rings is 5. The molecule has 2 aromatic heterocycles. The third-order valence-corrected chi connectivity index (χ3v) is 37.7. The highest BCUT2D eigenvalue weighted by Gasteiger charge is 2.61. The van der Waals surface area contributed by atoms with Crippen LogP contribution >= 0.6 is 0 Å². The lowest BCUT2D eigenvalue weighted by Crippen LogP contribution is -2.60. The number of sulfonamides is 5. The summed E-state index contributed by atoms with van der Waals surface area (Å²) in [7, 11) is -3.11. The number of nitrogens with one attached hydrogen (secondary N) is 6. The molecule has 0 saturated carbocycles. The number of likely N-dealkylation sites (N-methyl/N-ethyl adjacent to an activating group) is 2. The lowest BCUT2D eigenvalue weighted by Gasteiger charge is -2.43. The molecule has 10 aliphatic rings. The Bertz CT molecular complexity index is 6020. The number of H-pyrrole nitrogens is 2. The Labute approximate surface area is 824 Å². The van der Waals surface area contributed by atoms with Crippen molar-refractivity contribution in [2.24, 2.45) is 0 Å². The zero-order chi connectivity index (χ0) is 101. The van der Waals surface area contributed by atoms with E-state index in [0.717, 1.165) is 70.8 Å². The predicted molar refractivity (Wildman–Crippen MR) is 526 cm³/mol. The van der Waals surface area contributed by atoms with Crippen molar-refractivity contribution in [3.63, 3.8) is 0 Å². The number of carbonyl (C=O) groups is 6. The Morgan fingerprint density at radius 2 is 0.721 bits per heavy atom. The van der Waals surface area contributed by atoms with Crippen LogP contribution in [0.4, 0.5) is 0 Å². The van der Waals surface area contributed by atoms with E-state index in [-0.39, 0.29) is 90.0 Å². The first-order valence-corrected chi connectivity index (χ1v) is 55.1. The SMILES string of the molecule is CC(=O)c1ccc(S(=O)(=O)N2C(CCCCN(C)C)COC23CCNCC3)cc1.CC(=O)c1ccc(S(=O)(=O)N2C(CN(C)C)COC23CCNCC3)cc1.CC(=O)c1ccc(S(=O)(=O)N2C(Cc3cnc[nH]3)C(=O)NC23CCN(C)CC3)cc1.CC(=O)c1ccc(S(=O)(=O)N2C(Cc3cnc[nH]3)COC23CCNCC3)cc1.CC(=O)c1ccc(S(=O)(=O)N2CC(CN(C)C)OC23CCN(C)CC3)cc1. The summed E-state index contributed by atoms with van der Waals surface area (Å²) in [6.07, 6.45) is 15.7. The van der Waals surface area contributed by atoms with Crippen LogP contribution < -0.4 is 21.3 Å². The lowest BCUT2D eigenvalue weighted by molar-refractivity contribution is -0.121. The van der Waals surface area contributed by atoms with E-state index in [9.17, 15) is 70.9 Å². The van der Waals surface area contributed by atoms with E-state index in [1.54, 1.807) is 96.6 Å². The monoisotopic (exact) mass is 2030 g/mol. The number of aromatic nitrogens is 4. The van der Waals surface area contributed by atoms with Gasteiger partial charge < -0.3 is 74.7 Å². The van der Waals surface area contributed by atoms with Crippen molar-refractivity contribution in [2.75, 3.05) is 168 Å². The number of imidazole rings is 2. The van der Waals surface area contributed by atoms with E-state index in [0.29, 0.717) is 170 Å². The number of hydrogen-bond donors (Lipinski definition) is 6. The molecular formula is C97H138N18O20S5. The largest absolute Gasteiger partial charge is 0.358 e. The van der Waals surface area contributed by atoms with E-state index in [1.807, 2.05) is 66.2 Å². The van der Waals surface area contributed by atoms with Gasteiger partial charge in [-0.1, -0.05) is 67.1 Å². The third kappa shape index (κ3) is 24.6. The van der Waals surface area contributed by atoms with Crippen molar-refractivity contribution < 1.29 is 89.8 Å². The van der Waals surface area contributed by atoms with Crippen molar-refractivity contribution in [3.05, 3.63) is 186 Å². The molecule has 5 atom stereocenters. The quantitative estimate of drug-likeness (QED) is 0.0229. The second-order valence-corrected chi connectivity index (χ2v) is 48.0. The van der Waals surface area contributed by atoms with Gasteiger partial charge in [0, 0.05) is 162 Å². The number of rotatable bonds is 28. The molecule has 38 nitrogen and oxygen atoms in total. The van der Waals surface area contributed by atoms with Gasteiger partial charge >= 0.3 is 0 Å². The molecule has 5 aromatic carbocycles. The smallest absolute Gasteiger partial charge is 0.245 e. The maximum absolute atomic E-state index is 13.8. The molecule has 10 aliphatic heterocycles. The Hall–Kier alpha value is -8.59. The first-order valence-electron chi connectivity index (χ1n) is 47.9. The molecule has 1 amide bonds. The Morgan fingerprint density at radius 3 is 1.07 bits per heavy atom. The first-order chi connectivity index (χ1) is 66.3. The molecule has 10 fully saturated rings. The summed E-state index contributed by atoms with van der Waals surface area (Å²) < 4.78 is 169. The average molecular weight is 2040 g/mol. The number of likely N-dealkylation sites (tertiary alicyclic amines) is 2. The molecule has 0 aliphatic carbocycles. The number of hydrogen-bond acceptors (Lipinski definition) is 30. The number of Topliss-reactive ketones (excluding diaryl/α,β-unsaturated/α-hetero) is 5. The van der Waals surface area contributed by atoms with Crippen molar-refractivity contribution in [2.45, 2.75) is 214 Å². The van der Waals surface area contributed by atoms with Crippen LogP contribution in [0.15, 0.2) is 171 Å². The van der Waals surface area contributed by atoms with Gasteiger partial charge in [-0.2, -0.15) is 21.5 Å². The van der Waals surface area contributed by atoms with E-state index in [4.69, 9.17) is 18.9 Å². The molecule has 140 heavy (non-hydrogen) atoms. The Kier molecular flexibility index (Phi) is 35.5. The number of amides is 1. The molecule has 12 heterocycles. The molecule has 17 rings (SSSR count). The number of carbonyl (C=O) groups excluding carboxylic acids is 6. The van der Waals surface area contributed by atoms with E-state index < -0.39 is 84.7 Å². The van der Waals surface area contributed by atoms with Gasteiger partial charge in [0.1, 0.15) is 34.6 Å². The number of aromatic amines is 2. The van der Waals surface area contributed by atoms with Crippen LogP contribution in [0.3, 0.4) is 0 Å². The van der Waals surface area contributed by atoms with Gasteiger partial charge in [0.2, 0.25) is 56.0 Å². The van der Waals surface area contributed by atoms with Gasteiger partial charge in [0.05, 0.1) is 81.2 Å². The fraction of sp³-hybridized carbons (Fsp3) is 0.567. The molecule has 5 spiro atoms. The molecule has 43 heteroatoms. The van der Waals surface area contributed by atoms with Crippen LogP contribution in [0.2, 0.25) is 0 Å².